The number of quaternary nitrogens is 1. The van der Waals surface area contributed by atoms with Crippen LogP contribution in [0.1, 0.15) is 17.3 Å². The minimum atomic E-state index is -0.0645. The summed E-state index contributed by atoms with van der Waals surface area (Å²) in [4.78, 5) is 11.8. The second-order valence-corrected chi connectivity index (χ2v) is 3.55. The summed E-state index contributed by atoms with van der Waals surface area (Å²) in [6, 6.07) is 5.23. The van der Waals surface area contributed by atoms with Gasteiger partial charge in [0.05, 0.1) is 7.05 Å². The van der Waals surface area contributed by atoms with Crippen molar-refractivity contribution in [3.05, 3.63) is 23.8 Å². The third-order valence-corrected chi connectivity index (χ3v) is 2.57. The molecule has 0 saturated carbocycles. The summed E-state index contributed by atoms with van der Waals surface area (Å²) in [5.74, 6) is 1.47. The van der Waals surface area contributed by atoms with Crippen molar-refractivity contribution in [3.63, 3.8) is 0 Å². The Morgan fingerprint density at radius 3 is 2.87 bits per heavy atom. The smallest absolute Gasteiger partial charge is 0.231 e. The number of likely N-dealkylation sites (N-methyl/N-ethyl adjacent to an activating group) is 1. The summed E-state index contributed by atoms with van der Waals surface area (Å²) in [5, 5.41) is 1.88. The zero-order chi connectivity index (χ0) is 10.8. The first-order valence-corrected chi connectivity index (χ1v) is 4.95. The van der Waals surface area contributed by atoms with Crippen LogP contribution in [0.25, 0.3) is 0 Å². The maximum absolute atomic E-state index is 11.8. The first-order valence-electron chi connectivity index (χ1n) is 4.95. The number of benzene rings is 1. The van der Waals surface area contributed by atoms with Gasteiger partial charge < -0.3 is 14.8 Å². The quantitative estimate of drug-likeness (QED) is 0.721. The zero-order valence-corrected chi connectivity index (χ0v) is 8.82. The van der Waals surface area contributed by atoms with E-state index in [1.165, 1.54) is 0 Å². The number of Topliss-reactive ketones (excluding diaryl/α,β-unsaturated/α-hetero) is 1. The predicted molar refractivity (Wildman–Crippen MR) is 54.2 cm³/mol. The molecule has 1 aromatic rings. The van der Waals surface area contributed by atoms with Crippen LogP contribution in [0.3, 0.4) is 0 Å². The number of rotatable bonds is 3. The zero-order valence-electron chi connectivity index (χ0n) is 8.82. The molecule has 0 aliphatic carbocycles. The largest absolute Gasteiger partial charge is 0.454 e. The Labute approximate surface area is 88.2 Å². The highest BCUT2D eigenvalue weighted by Gasteiger charge is 2.20. The normalized spacial score (nSPS) is 15.1. The molecule has 2 N–H and O–H groups in total. The van der Waals surface area contributed by atoms with Gasteiger partial charge in [-0.2, -0.15) is 0 Å². The van der Waals surface area contributed by atoms with Gasteiger partial charge in [-0.05, 0) is 25.1 Å². The first kappa shape index (κ1) is 9.98. The van der Waals surface area contributed by atoms with Gasteiger partial charge in [0, 0.05) is 5.56 Å². The van der Waals surface area contributed by atoms with Crippen molar-refractivity contribution in [3.8, 4) is 11.5 Å². The van der Waals surface area contributed by atoms with E-state index in [0.717, 1.165) is 0 Å². The maximum atomic E-state index is 11.8. The van der Waals surface area contributed by atoms with Crippen molar-refractivity contribution in [1.29, 1.82) is 0 Å². The molecule has 0 aromatic heterocycles. The molecule has 1 aliphatic rings. The van der Waals surface area contributed by atoms with E-state index in [0.29, 0.717) is 17.1 Å². The molecular weight excluding hydrogens is 194 g/mol. The van der Waals surface area contributed by atoms with Crippen LogP contribution in [0, 0.1) is 0 Å². The monoisotopic (exact) mass is 208 g/mol. The summed E-state index contributed by atoms with van der Waals surface area (Å²) in [5.41, 5.74) is 0.671. The molecule has 0 radical (unpaired) electrons. The molecular formula is C11H14NO3+. The van der Waals surface area contributed by atoms with Gasteiger partial charge in [0.15, 0.2) is 11.5 Å². The Hall–Kier alpha value is -1.55. The Balaban J connectivity index is 2.26. The molecule has 4 heteroatoms. The number of nitrogens with two attached hydrogens (primary N) is 1. The van der Waals surface area contributed by atoms with E-state index in [4.69, 9.17) is 9.47 Å². The molecule has 2 rings (SSSR count). The van der Waals surface area contributed by atoms with Crippen molar-refractivity contribution < 1.29 is 19.6 Å². The van der Waals surface area contributed by atoms with Crippen LogP contribution in [-0.4, -0.2) is 25.7 Å². The van der Waals surface area contributed by atoms with Gasteiger partial charge in [-0.3, -0.25) is 4.79 Å². The highest BCUT2D eigenvalue weighted by Crippen LogP contribution is 2.32. The molecule has 0 amide bonds. The molecule has 0 spiro atoms. The molecule has 15 heavy (non-hydrogen) atoms. The average molecular weight is 208 g/mol. The van der Waals surface area contributed by atoms with Crippen molar-refractivity contribution >= 4 is 5.78 Å². The van der Waals surface area contributed by atoms with Crippen LogP contribution >= 0.6 is 0 Å². The topological polar surface area (TPSA) is 52.1 Å². The average Bonchev–Trinajstić information content (AvgIpc) is 2.73. The number of carbonyl (C=O) groups excluding carboxylic acids is 1. The van der Waals surface area contributed by atoms with Crippen LogP contribution in [0.15, 0.2) is 18.2 Å². The minimum Gasteiger partial charge on any atom is -0.454 e. The van der Waals surface area contributed by atoms with Gasteiger partial charge >= 0.3 is 0 Å². The summed E-state index contributed by atoms with van der Waals surface area (Å²) >= 11 is 0. The lowest BCUT2D eigenvalue weighted by atomic mass is 10.1. The molecule has 1 unspecified atom stereocenters. The summed E-state index contributed by atoms with van der Waals surface area (Å²) in [7, 11) is 1.88. The van der Waals surface area contributed by atoms with E-state index in [1.54, 1.807) is 18.2 Å². The number of ketones is 1. The van der Waals surface area contributed by atoms with E-state index in [9.17, 15) is 4.79 Å². The molecule has 1 heterocycles. The van der Waals surface area contributed by atoms with Crippen molar-refractivity contribution in [2.75, 3.05) is 13.8 Å². The summed E-state index contributed by atoms with van der Waals surface area (Å²) < 4.78 is 10.4. The molecule has 0 bridgehead atoms. The molecule has 1 aromatic carbocycles. The van der Waals surface area contributed by atoms with Gasteiger partial charge in [-0.1, -0.05) is 0 Å². The lowest BCUT2D eigenvalue weighted by molar-refractivity contribution is -0.645. The molecule has 0 saturated heterocycles. The molecule has 1 aliphatic heterocycles. The second kappa shape index (κ2) is 3.90. The van der Waals surface area contributed by atoms with E-state index >= 15 is 0 Å². The fraction of sp³-hybridized carbons (Fsp3) is 0.364. The van der Waals surface area contributed by atoms with Crippen LogP contribution in [-0.2, 0) is 0 Å². The van der Waals surface area contributed by atoms with Gasteiger partial charge in [0.2, 0.25) is 12.6 Å². The number of hydrogen-bond acceptors (Lipinski definition) is 3. The highest BCUT2D eigenvalue weighted by molar-refractivity contribution is 5.99. The fourth-order valence-electron chi connectivity index (χ4n) is 1.46. The van der Waals surface area contributed by atoms with Crippen molar-refractivity contribution in [2.24, 2.45) is 0 Å². The number of hydrogen-bond donors (Lipinski definition) is 1. The maximum Gasteiger partial charge on any atom is 0.231 e. The van der Waals surface area contributed by atoms with Gasteiger partial charge in [0.1, 0.15) is 6.04 Å². The highest BCUT2D eigenvalue weighted by atomic mass is 16.7. The molecule has 4 nitrogen and oxygen atoms in total. The van der Waals surface area contributed by atoms with Gasteiger partial charge in [0.25, 0.3) is 0 Å². The minimum absolute atomic E-state index is 0.0645. The van der Waals surface area contributed by atoms with E-state index in [1.807, 2.05) is 19.3 Å². The predicted octanol–water partition coefficient (Wildman–Crippen LogP) is 0.180. The number of ether oxygens (including phenoxy) is 2. The molecule has 80 valence electrons. The van der Waals surface area contributed by atoms with Gasteiger partial charge in [-0.25, -0.2) is 0 Å². The Bertz CT molecular complexity index is 389. The Morgan fingerprint density at radius 1 is 1.40 bits per heavy atom. The number of carbonyl (C=O) groups is 1. The Kier molecular flexibility index (Phi) is 2.60. The van der Waals surface area contributed by atoms with E-state index in [2.05, 4.69) is 0 Å². The van der Waals surface area contributed by atoms with Gasteiger partial charge in [-0.15, -0.1) is 0 Å². The van der Waals surface area contributed by atoms with Crippen LogP contribution in [0.4, 0.5) is 0 Å². The lowest BCUT2D eigenvalue weighted by Gasteiger charge is -2.06. The lowest BCUT2D eigenvalue weighted by Crippen LogP contribution is -2.87. The van der Waals surface area contributed by atoms with Crippen LogP contribution in [0.2, 0.25) is 0 Å². The first-order chi connectivity index (χ1) is 7.22. The summed E-state index contributed by atoms with van der Waals surface area (Å²) in [6.45, 7) is 2.12. The SMILES string of the molecule is C[NH2+]C(C)C(=O)c1ccc2c(c1)OCO2. The van der Waals surface area contributed by atoms with Crippen LogP contribution < -0.4 is 14.8 Å². The van der Waals surface area contributed by atoms with Crippen molar-refractivity contribution in [1.82, 2.24) is 0 Å². The Morgan fingerprint density at radius 2 is 2.13 bits per heavy atom. The van der Waals surface area contributed by atoms with E-state index < -0.39 is 0 Å². The molecule has 0 fully saturated rings. The second-order valence-electron chi connectivity index (χ2n) is 3.55. The molecule has 1 atom stereocenters. The third kappa shape index (κ3) is 1.80. The fourth-order valence-corrected chi connectivity index (χ4v) is 1.46. The number of fused-ring (bicyclic) bond motifs is 1. The van der Waals surface area contributed by atoms with Crippen molar-refractivity contribution in [2.45, 2.75) is 13.0 Å². The standard InChI is InChI=1S/C11H13NO3/c1-7(12-2)11(13)8-3-4-9-10(5-8)15-6-14-9/h3-5,7,12H,6H2,1-2H3/p+1. The third-order valence-electron chi connectivity index (χ3n) is 2.57. The summed E-state index contributed by atoms with van der Waals surface area (Å²) in [6.07, 6.45) is 0. The van der Waals surface area contributed by atoms with Crippen LogP contribution in [0.5, 0.6) is 11.5 Å². The van der Waals surface area contributed by atoms with E-state index in [-0.39, 0.29) is 18.6 Å².